The Morgan fingerprint density at radius 2 is 1.30 bits per heavy atom. The molecule has 8 heterocycles. The number of hydrogen-bond donors (Lipinski definition) is 2. The van der Waals surface area contributed by atoms with Gasteiger partial charge >= 0.3 is 11.9 Å². The Balaban J connectivity index is 0.000000141. The number of esters is 2. The number of carbonyl (C=O) groups excluding carboxylic acids is 2. The van der Waals surface area contributed by atoms with E-state index in [0.717, 1.165) is 92.5 Å². The molecule has 2 aliphatic carbocycles. The number of piperidine rings is 2. The third-order valence-electron chi connectivity index (χ3n) is 13.4. The van der Waals surface area contributed by atoms with Gasteiger partial charge in [0.25, 0.3) is 0 Å². The number of hydrogen-bond acceptors (Lipinski definition) is 6. The minimum Gasteiger partial charge on any atom is -0.468 e. The number of carbonyl (C=O) groups is 2. The monoisotopic (exact) mass is 823 g/mol. The number of aromatic nitrogens is 2. The molecule has 0 saturated carbocycles. The van der Waals surface area contributed by atoms with Gasteiger partial charge in [0.1, 0.15) is 10.8 Å². The highest BCUT2D eigenvalue weighted by molar-refractivity contribution is 14.1. The SMILES string of the molecule is CCC1=CC2CN3CCc4c([nH]c5ccc(I)cc45)C(C(=O)OC)(C2)C13.[C-]#[N+]c1ccc2[nH]c3c(c2c1)CCN1CC2C=C(CC)C1C3(C(=O)OC)C2. The molecule has 8 aliphatic rings. The largest absolute Gasteiger partial charge is 0.468 e. The third-order valence-corrected chi connectivity index (χ3v) is 14.0. The first-order valence-electron chi connectivity index (χ1n) is 19.1. The van der Waals surface area contributed by atoms with Crippen molar-refractivity contribution in [1.82, 2.24) is 19.8 Å². The van der Waals surface area contributed by atoms with E-state index in [1.807, 2.05) is 18.2 Å². The Kier molecular flexibility index (Phi) is 8.44. The number of methoxy groups -OCH3 is 2. The van der Waals surface area contributed by atoms with Gasteiger partial charge in [0.2, 0.25) is 0 Å². The van der Waals surface area contributed by atoms with E-state index in [1.54, 1.807) is 0 Å². The molecule has 12 rings (SSSR count). The van der Waals surface area contributed by atoms with Gasteiger partial charge in [-0.05, 0) is 120 Å². The minimum atomic E-state index is -0.680. The van der Waals surface area contributed by atoms with Gasteiger partial charge in [0.15, 0.2) is 5.69 Å². The van der Waals surface area contributed by atoms with E-state index in [2.05, 4.69) is 91.4 Å². The van der Waals surface area contributed by atoms with Crippen LogP contribution in [0.25, 0.3) is 26.7 Å². The Labute approximate surface area is 324 Å². The summed E-state index contributed by atoms with van der Waals surface area (Å²) in [6.45, 7) is 15.8. The Hall–Kier alpha value is -3.92. The van der Waals surface area contributed by atoms with Gasteiger partial charge in [-0.3, -0.25) is 19.4 Å². The number of halogens is 1. The Morgan fingerprint density at radius 3 is 1.77 bits per heavy atom. The van der Waals surface area contributed by atoms with Gasteiger partial charge in [-0.25, -0.2) is 4.85 Å². The zero-order chi connectivity index (χ0) is 36.8. The molecule has 2 fully saturated rings. The second-order valence-corrected chi connectivity index (χ2v) is 17.1. The van der Waals surface area contributed by atoms with Crippen LogP contribution in [0.1, 0.15) is 62.0 Å². The van der Waals surface area contributed by atoms with E-state index in [-0.39, 0.29) is 24.0 Å². The fraction of sp³-hybridized carbons (Fsp3) is 0.465. The first-order valence-corrected chi connectivity index (χ1v) is 20.2. The first-order chi connectivity index (χ1) is 25.7. The molecule has 8 bridgehead atoms. The van der Waals surface area contributed by atoms with E-state index in [0.29, 0.717) is 17.5 Å². The molecule has 0 spiro atoms. The highest BCUT2D eigenvalue weighted by atomic mass is 127. The molecule has 2 N–H and O–H groups in total. The van der Waals surface area contributed by atoms with Crippen molar-refractivity contribution in [2.24, 2.45) is 11.8 Å². The summed E-state index contributed by atoms with van der Waals surface area (Å²) in [5.74, 6) is 0.578. The molecule has 2 saturated heterocycles. The van der Waals surface area contributed by atoms with Crippen LogP contribution in [-0.2, 0) is 42.7 Å². The summed E-state index contributed by atoms with van der Waals surface area (Å²) in [6.07, 6.45) is 10.3. The number of fused-ring (bicyclic) bond motifs is 6. The van der Waals surface area contributed by atoms with Crippen molar-refractivity contribution in [3.05, 3.63) is 97.2 Å². The number of nitrogens with zero attached hydrogens (tertiary/aromatic N) is 3. The number of aromatic amines is 2. The molecule has 8 atom stereocenters. The molecule has 274 valence electrons. The van der Waals surface area contributed by atoms with Gasteiger partial charge in [0.05, 0.1) is 32.9 Å². The summed E-state index contributed by atoms with van der Waals surface area (Å²) < 4.78 is 12.1. The molecule has 2 aromatic carbocycles. The lowest BCUT2D eigenvalue weighted by Crippen LogP contribution is -2.63. The van der Waals surface area contributed by atoms with Crippen molar-refractivity contribution < 1.29 is 19.1 Å². The standard InChI is InChI=1S/C22H23N3O2.C21H23IN2O2/c1-4-14-9-13-11-22(21(26)27-3)19-16(7-8-25(12-13)20(14)22)17-10-15(23-2)5-6-18(17)24-19;1-3-13-8-12-10-21(20(25)26-2)18-15(6-7-24(11-12)19(13)21)16-9-14(22)4-5-17(16)23-18/h5-6,9-10,13,20,24H,4,7-8,11-12H2,1,3H3;4-5,8-9,12,19,23H,3,6-7,10-11H2,1-2H3. The summed E-state index contributed by atoms with van der Waals surface area (Å²) in [5, 5.41) is 2.34. The van der Waals surface area contributed by atoms with Crippen LogP contribution in [-0.4, -0.2) is 84.2 Å². The van der Waals surface area contributed by atoms with Crippen LogP contribution in [0.2, 0.25) is 0 Å². The third kappa shape index (κ3) is 4.92. The fourth-order valence-corrected chi connectivity index (χ4v) is 12.0. The fourth-order valence-electron chi connectivity index (χ4n) is 11.5. The number of rotatable bonds is 4. The maximum atomic E-state index is 13.3. The maximum Gasteiger partial charge on any atom is 0.319 e. The second kappa shape index (κ2) is 12.8. The highest BCUT2D eigenvalue weighted by Crippen LogP contribution is 2.55. The second-order valence-electron chi connectivity index (χ2n) is 15.8. The van der Waals surface area contributed by atoms with Gasteiger partial charge in [0, 0.05) is 57.6 Å². The van der Waals surface area contributed by atoms with Crippen LogP contribution in [0.5, 0.6) is 0 Å². The van der Waals surface area contributed by atoms with Crippen LogP contribution in [0, 0.1) is 22.0 Å². The predicted octanol–water partition coefficient (Wildman–Crippen LogP) is 7.51. The van der Waals surface area contributed by atoms with Crippen molar-refractivity contribution in [2.75, 3.05) is 40.4 Å². The lowest BCUT2D eigenvalue weighted by molar-refractivity contribution is -0.154. The lowest BCUT2D eigenvalue weighted by Gasteiger charge is -2.53. The quantitative estimate of drug-likeness (QED) is 0.0959. The van der Waals surface area contributed by atoms with Crippen LogP contribution in [0.4, 0.5) is 5.69 Å². The van der Waals surface area contributed by atoms with Crippen LogP contribution >= 0.6 is 22.6 Å². The number of ether oxygens (including phenoxy) is 2. The number of nitrogens with one attached hydrogen (secondary N) is 2. The van der Waals surface area contributed by atoms with Crippen LogP contribution < -0.4 is 0 Å². The zero-order valence-electron chi connectivity index (χ0n) is 30.9. The van der Waals surface area contributed by atoms with Crippen molar-refractivity contribution >= 4 is 62.0 Å². The van der Waals surface area contributed by atoms with Gasteiger partial charge in [-0.1, -0.05) is 43.2 Å². The minimum absolute atomic E-state index is 0.0644. The zero-order valence-corrected chi connectivity index (χ0v) is 33.0. The smallest absolute Gasteiger partial charge is 0.319 e. The average molecular weight is 824 g/mol. The van der Waals surface area contributed by atoms with Gasteiger partial charge in [-0.2, -0.15) is 0 Å². The topological polar surface area (TPSA) is 95.0 Å². The van der Waals surface area contributed by atoms with Crippen molar-refractivity contribution in [3.63, 3.8) is 0 Å². The van der Waals surface area contributed by atoms with Crippen LogP contribution in [0.3, 0.4) is 0 Å². The van der Waals surface area contributed by atoms with Crippen LogP contribution in [0.15, 0.2) is 59.7 Å². The molecule has 10 heteroatoms. The van der Waals surface area contributed by atoms with Crippen molar-refractivity contribution in [1.29, 1.82) is 0 Å². The predicted molar refractivity (Wildman–Crippen MR) is 214 cm³/mol. The lowest BCUT2D eigenvalue weighted by atomic mass is 9.60. The Bertz CT molecular complexity index is 2300. The molecule has 0 amide bonds. The van der Waals surface area contributed by atoms with Gasteiger partial charge in [-0.15, -0.1) is 0 Å². The highest BCUT2D eigenvalue weighted by Gasteiger charge is 2.62. The molecule has 53 heavy (non-hydrogen) atoms. The van der Waals surface area contributed by atoms with Gasteiger partial charge < -0.3 is 19.4 Å². The molecular weight excluding hydrogens is 777 g/mol. The molecule has 0 radical (unpaired) electrons. The van der Waals surface area contributed by atoms with Crippen molar-refractivity contribution in [2.45, 2.75) is 75.3 Å². The summed E-state index contributed by atoms with van der Waals surface area (Å²) in [5.41, 5.74) is 8.88. The van der Waals surface area contributed by atoms with E-state index in [1.165, 1.54) is 45.4 Å². The van der Waals surface area contributed by atoms with Crippen molar-refractivity contribution in [3.8, 4) is 0 Å². The normalized spacial score (nSPS) is 31.5. The molecule has 4 aromatic rings. The van der Waals surface area contributed by atoms with E-state index in [4.69, 9.17) is 16.0 Å². The molecule has 8 unspecified atom stereocenters. The molecule has 6 aliphatic heterocycles. The number of H-pyrrole nitrogens is 2. The molecule has 2 aromatic heterocycles. The summed E-state index contributed by atoms with van der Waals surface area (Å²) in [4.78, 5) is 42.5. The van der Waals surface area contributed by atoms with E-state index >= 15 is 0 Å². The maximum absolute atomic E-state index is 13.3. The first kappa shape index (κ1) is 34.8. The Morgan fingerprint density at radius 1 is 0.811 bits per heavy atom. The van der Waals surface area contributed by atoms with E-state index in [9.17, 15) is 9.59 Å². The molecule has 9 nitrogen and oxygen atoms in total. The van der Waals surface area contributed by atoms with E-state index < -0.39 is 10.8 Å². The molecular formula is C43H46IN5O4. The summed E-state index contributed by atoms with van der Waals surface area (Å²) in [7, 11) is 3.04. The average Bonchev–Trinajstić information content (AvgIpc) is 3.70. The summed E-state index contributed by atoms with van der Waals surface area (Å²) in [6, 6.07) is 12.5. The number of benzene rings is 2. The summed E-state index contributed by atoms with van der Waals surface area (Å²) >= 11 is 2.37.